The molecule has 0 amide bonds. The number of aromatic nitrogens is 6. The Morgan fingerprint density at radius 2 is 2.17 bits per heavy atom. The zero-order chi connectivity index (χ0) is 12.7. The number of aryl methyl sites for hydroxylation is 1. The van der Waals surface area contributed by atoms with Gasteiger partial charge in [0, 0.05) is 25.6 Å². The molecule has 0 atom stereocenters. The minimum absolute atomic E-state index is 0.759. The summed E-state index contributed by atoms with van der Waals surface area (Å²) in [5.41, 5.74) is 0.809. The third-order valence-corrected chi connectivity index (χ3v) is 3.94. The van der Waals surface area contributed by atoms with Crippen molar-refractivity contribution in [3.63, 3.8) is 0 Å². The predicted octanol–water partition coefficient (Wildman–Crippen LogP) is 2.08. The molecule has 18 heavy (non-hydrogen) atoms. The molecule has 3 rings (SSSR count). The third-order valence-electron chi connectivity index (χ3n) is 2.55. The minimum atomic E-state index is 0.759. The zero-order valence-corrected chi connectivity index (χ0v) is 12.1. The Kier molecular flexibility index (Phi) is 2.83. The third kappa shape index (κ3) is 1.91. The summed E-state index contributed by atoms with van der Waals surface area (Å²) >= 11 is 4.84. The molecule has 0 bridgehead atoms. The fourth-order valence-corrected chi connectivity index (χ4v) is 2.94. The summed E-state index contributed by atoms with van der Waals surface area (Å²) in [5, 5.41) is 9.73. The first-order valence-corrected chi connectivity index (χ1v) is 6.79. The van der Waals surface area contributed by atoms with Gasteiger partial charge in [0.15, 0.2) is 10.8 Å². The van der Waals surface area contributed by atoms with Gasteiger partial charge in [-0.2, -0.15) is 0 Å². The van der Waals surface area contributed by atoms with E-state index in [1.807, 2.05) is 35.3 Å². The van der Waals surface area contributed by atoms with Crippen molar-refractivity contribution in [2.24, 2.45) is 7.05 Å². The standard InChI is InChI=1S/C10H9BrN6S/c1-6-14-15-10(16(6)2)18-9-8-12-3-4-17(8)5-7(11)13-9/h3-5H,1-2H3. The van der Waals surface area contributed by atoms with Gasteiger partial charge in [-0.15, -0.1) is 10.2 Å². The van der Waals surface area contributed by atoms with Crippen LogP contribution in [0, 0.1) is 6.92 Å². The van der Waals surface area contributed by atoms with Crippen LogP contribution in [0.3, 0.4) is 0 Å². The van der Waals surface area contributed by atoms with E-state index in [0.29, 0.717) is 0 Å². The van der Waals surface area contributed by atoms with Crippen LogP contribution in [0.2, 0.25) is 0 Å². The predicted molar refractivity (Wildman–Crippen MR) is 70.6 cm³/mol. The number of fused-ring (bicyclic) bond motifs is 1. The zero-order valence-electron chi connectivity index (χ0n) is 9.70. The highest BCUT2D eigenvalue weighted by atomic mass is 79.9. The van der Waals surface area contributed by atoms with E-state index in [9.17, 15) is 0 Å². The van der Waals surface area contributed by atoms with Crippen molar-refractivity contribution in [1.82, 2.24) is 29.1 Å². The molecule has 0 unspecified atom stereocenters. The first kappa shape index (κ1) is 11.7. The van der Waals surface area contributed by atoms with Crippen molar-refractivity contribution in [2.75, 3.05) is 0 Å². The fraction of sp³-hybridized carbons (Fsp3) is 0.200. The molecular formula is C10H9BrN6S. The van der Waals surface area contributed by atoms with E-state index >= 15 is 0 Å². The fourth-order valence-electron chi connectivity index (χ4n) is 1.51. The number of halogens is 1. The number of hydrogen-bond acceptors (Lipinski definition) is 5. The van der Waals surface area contributed by atoms with Crippen molar-refractivity contribution in [1.29, 1.82) is 0 Å². The SMILES string of the molecule is Cc1nnc(Sc2nc(Br)cn3ccnc23)n1C. The van der Waals surface area contributed by atoms with Gasteiger partial charge in [-0.05, 0) is 34.6 Å². The molecular weight excluding hydrogens is 316 g/mol. The number of nitrogens with zero attached hydrogens (tertiary/aromatic N) is 6. The molecule has 0 N–H and O–H groups in total. The second kappa shape index (κ2) is 4.36. The van der Waals surface area contributed by atoms with Crippen molar-refractivity contribution >= 4 is 33.3 Å². The first-order valence-electron chi connectivity index (χ1n) is 5.18. The molecule has 0 fully saturated rings. The van der Waals surface area contributed by atoms with Crippen LogP contribution >= 0.6 is 27.7 Å². The molecule has 3 heterocycles. The van der Waals surface area contributed by atoms with Crippen LogP contribution < -0.4 is 0 Å². The molecule has 3 aromatic heterocycles. The Morgan fingerprint density at radius 3 is 2.89 bits per heavy atom. The number of rotatable bonds is 2. The van der Waals surface area contributed by atoms with Crippen LogP contribution in [0.4, 0.5) is 0 Å². The topological polar surface area (TPSA) is 60.9 Å². The summed E-state index contributed by atoms with van der Waals surface area (Å²) < 4.78 is 4.60. The summed E-state index contributed by atoms with van der Waals surface area (Å²) in [6, 6.07) is 0. The summed E-state index contributed by atoms with van der Waals surface area (Å²) in [5.74, 6) is 0.867. The summed E-state index contributed by atoms with van der Waals surface area (Å²) in [4.78, 5) is 8.73. The average Bonchev–Trinajstić information content (AvgIpc) is 2.90. The highest BCUT2D eigenvalue weighted by Gasteiger charge is 2.12. The van der Waals surface area contributed by atoms with Crippen LogP contribution in [-0.4, -0.2) is 29.1 Å². The van der Waals surface area contributed by atoms with Gasteiger partial charge in [-0.1, -0.05) is 0 Å². The molecule has 0 aliphatic rings. The van der Waals surface area contributed by atoms with Crippen molar-refractivity contribution in [3.8, 4) is 0 Å². The lowest BCUT2D eigenvalue weighted by molar-refractivity contribution is 0.764. The average molecular weight is 325 g/mol. The molecule has 0 aromatic carbocycles. The van der Waals surface area contributed by atoms with Gasteiger partial charge in [0.05, 0.1) is 0 Å². The second-order valence-corrected chi connectivity index (χ2v) is 5.49. The van der Waals surface area contributed by atoms with Crippen molar-refractivity contribution in [3.05, 3.63) is 29.0 Å². The molecule has 8 heteroatoms. The van der Waals surface area contributed by atoms with E-state index in [2.05, 4.69) is 36.1 Å². The summed E-state index contributed by atoms with van der Waals surface area (Å²) in [7, 11) is 1.93. The Balaban J connectivity index is 2.09. The largest absolute Gasteiger partial charge is 0.309 e. The summed E-state index contributed by atoms with van der Waals surface area (Å²) in [6.45, 7) is 1.91. The minimum Gasteiger partial charge on any atom is -0.309 e. The first-order chi connectivity index (χ1) is 8.65. The Bertz CT molecular complexity index is 718. The molecule has 0 aliphatic carbocycles. The maximum atomic E-state index is 4.43. The molecule has 0 spiro atoms. The molecule has 0 saturated carbocycles. The molecule has 0 saturated heterocycles. The summed E-state index contributed by atoms with van der Waals surface area (Å²) in [6.07, 6.45) is 5.50. The Morgan fingerprint density at radius 1 is 1.33 bits per heavy atom. The number of hydrogen-bond donors (Lipinski definition) is 0. The molecule has 3 aromatic rings. The van der Waals surface area contributed by atoms with E-state index < -0.39 is 0 Å². The van der Waals surface area contributed by atoms with Gasteiger partial charge in [0.1, 0.15) is 15.5 Å². The quantitative estimate of drug-likeness (QED) is 0.722. The van der Waals surface area contributed by atoms with Gasteiger partial charge in [0.2, 0.25) is 0 Å². The van der Waals surface area contributed by atoms with Crippen LogP contribution in [0.15, 0.2) is 33.4 Å². The highest BCUT2D eigenvalue weighted by Crippen LogP contribution is 2.28. The van der Waals surface area contributed by atoms with E-state index in [1.165, 1.54) is 11.8 Å². The molecule has 6 nitrogen and oxygen atoms in total. The van der Waals surface area contributed by atoms with E-state index in [1.54, 1.807) is 6.20 Å². The highest BCUT2D eigenvalue weighted by molar-refractivity contribution is 9.10. The van der Waals surface area contributed by atoms with Gasteiger partial charge < -0.3 is 8.97 Å². The Labute approximate surface area is 116 Å². The van der Waals surface area contributed by atoms with Gasteiger partial charge in [-0.3, -0.25) is 0 Å². The maximum Gasteiger partial charge on any atom is 0.197 e. The van der Waals surface area contributed by atoms with Gasteiger partial charge in [-0.25, -0.2) is 9.97 Å². The van der Waals surface area contributed by atoms with E-state index in [4.69, 9.17) is 0 Å². The van der Waals surface area contributed by atoms with Crippen LogP contribution in [-0.2, 0) is 7.05 Å². The van der Waals surface area contributed by atoms with Gasteiger partial charge >= 0.3 is 0 Å². The monoisotopic (exact) mass is 324 g/mol. The molecule has 0 radical (unpaired) electrons. The van der Waals surface area contributed by atoms with Crippen LogP contribution in [0.25, 0.3) is 5.65 Å². The Hall–Kier alpha value is -1.41. The molecule has 0 aliphatic heterocycles. The lowest BCUT2D eigenvalue weighted by Crippen LogP contribution is -1.96. The van der Waals surface area contributed by atoms with Gasteiger partial charge in [0.25, 0.3) is 0 Å². The lowest BCUT2D eigenvalue weighted by Gasteiger charge is -2.03. The normalized spacial score (nSPS) is 11.3. The van der Waals surface area contributed by atoms with Crippen molar-refractivity contribution < 1.29 is 0 Å². The van der Waals surface area contributed by atoms with E-state index in [0.717, 1.165) is 26.3 Å². The van der Waals surface area contributed by atoms with E-state index in [-0.39, 0.29) is 0 Å². The smallest absolute Gasteiger partial charge is 0.197 e. The second-order valence-electron chi connectivity index (χ2n) is 3.72. The van der Waals surface area contributed by atoms with Crippen LogP contribution in [0.5, 0.6) is 0 Å². The van der Waals surface area contributed by atoms with Crippen molar-refractivity contribution in [2.45, 2.75) is 17.1 Å². The number of imidazole rings is 1. The van der Waals surface area contributed by atoms with Crippen LogP contribution in [0.1, 0.15) is 5.82 Å². The maximum absolute atomic E-state index is 4.43. The molecule has 92 valence electrons. The lowest BCUT2D eigenvalue weighted by atomic mass is 10.7.